The van der Waals surface area contributed by atoms with Gasteiger partial charge in [0, 0.05) is 23.6 Å². The zero-order valence-corrected chi connectivity index (χ0v) is 13.1. The van der Waals surface area contributed by atoms with Gasteiger partial charge in [-0.15, -0.1) is 0 Å². The van der Waals surface area contributed by atoms with Crippen molar-refractivity contribution >= 4 is 28.9 Å². The Morgan fingerprint density at radius 3 is 2.52 bits per heavy atom. The lowest BCUT2D eigenvalue weighted by Crippen LogP contribution is -1.91. The van der Waals surface area contributed by atoms with Crippen molar-refractivity contribution in [2.45, 2.75) is 6.42 Å². The van der Waals surface area contributed by atoms with Crippen LogP contribution >= 0.6 is 23.2 Å². The van der Waals surface area contributed by atoms with E-state index >= 15 is 0 Å². The quantitative estimate of drug-likeness (QED) is 0.509. The highest BCUT2D eigenvalue weighted by atomic mass is 35.5. The van der Waals surface area contributed by atoms with E-state index in [1.807, 2.05) is 12.1 Å². The maximum absolute atomic E-state index is 10.7. The van der Waals surface area contributed by atoms with Crippen molar-refractivity contribution in [3.05, 3.63) is 74.0 Å². The van der Waals surface area contributed by atoms with Gasteiger partial charge in [0.1, 0.15) is 0 Å². The number of benzene rings is 2. The summed E-state index contributed by atoms with van der Waals surface area (Å²) in [4.78, 5) is 14.5. The van der Waals surface area contributed by atoms with Crippen LogP contribution in [0.3, 0.4) is 0 Å². The van der Waals surface area contributed by atoms with Gasteiger partial charge in [0.15, 0.2) is 5.82 Å². The Morgan fingerprint density at radius 2 is 1.87 bits per heavy atom. The van der Waals surface area contributed by atoms with Crippen LogP contribution in [0.25, 0.3) is 11.5 Å². The van der Waals surface area contributed by atoms with Gasteiger partial charge in [-0.1, -0.05) is 40.5 Å². The molecule has 0 amide bonds. The van der Waals surface area contributed by atoms with Crippen molar-refractivity contribution in [3.8, 4) is 11.5 Å². The third-order valence-corrected chi connectivity index (χ3v) is 3.70. The minimum atomic E-state index is -0.518. The van der Waals surface area contributed by atoms with Crippen LogP contribution in [-0.2, 0) is 6.42 Å². The molecule has 0 aliphatic rings. The first-order valence-corrected chi connectivity index (χ1v) is 7.30. The highest BCUT2D eigenvalue weighted by Gasteiger charge is 2.16. The molecule has 3 aromatic rings. The van der Waals surface area contributed by atoms with Crippen LogP contribution in [0.15, 0.2) is 47.0 Å². The third-order valence-electron chi connectivity index (χ3n) is 3.14. The van der Waals surface area contributed by atoms with Crippen LogP contribution in [0.4, 0.5) is 5.69 Å². The standard InChI is InChI=1S/C15H9Cl2N3O3/c16-10-3-1-9(2-4-10)7-14-18-15(23-19-14)12-6-5-11(20(21)22)8-13(12)17/h1-6,8H,7H2. The number of halogens is 2. The van der Waals surface area contributed by atoms with Gasteiger partial charge in [0.05, 0.1) is 15.5 Å². The van der Waals surface area contributed by atoms with Gasteiger partial charge in [-0.25, -0.2) is 0 Å². The van der Waals surface area contributed by atoms with Crippen molar-refractivity contribution in [2.75, 3.05) is 0 Å². The van der Waals surface area contributed by atoms with Crippen LogP contribution in [0, 0.1) is 10.1 Å². The number of non-ortho nitro benzene ring substituents is 1. The first-order valence-electron chi connectivity index (χ1n) is 6.54. The number of hydrogen-bond donors (Lipinski definition) is 0. The second-order valence-electron chi connectivity index (χ2n) is 4.74. The second kappa shape index (κ2) is 6.36. The van der Waals surface area contributed by atoms with Gasteiger partial charge < -0.3 is 4.52 Å². The Hall–Kier alpha value is -2.44. The Balaban J connectivity index is 1.84. The molecule has 3 rings (SSSR count). The lowest BCUT2D eigenvalue weighted by molar-refractivity contribution is -0.384. The van der Waals surface area contributed by atoms with Crippen molar-refractivity contribution < 1.29 is 9.45 Å². The maximum Gasteiger partial charge on any atom is 0.270 e. The molecule has 0 aliphatic carbocycles. The minimum Gasteiger partial charge on any atom is -0.334 e. The Bertz CT molecular complexity index is 863. The number of rotatable bonds is 4. The van der Waals surface area contributed by atoms with Crippen LogP contribution in [0.2, 0.25) is 10.0 Å². The van der Waals surface area contributed by atoms with Gasteiger partial charge in [0.25, 0.3) is 11.6 Å². The summed E-state index contributed by atoms with van der Waals surface area (Å²) in [5, 5.41) is 15.4. The molecule has 8 heteroatoms. The van der Waals surface area contributed by atoms with Crippen molar-refractivity contribution in [1.29, 1.82) is 0 Å². The van der Waals surface area contributed by atoms with Crippen molar-refractivity contribution in [1.82, 2.24) is 10.1 Å². The zero-order chi connectivity index (χ0) is 16.4. The van der Waals surface area contributed by atoms with Crippen LogP contribution in [0.5, 0.6) is 0 Å². The SMILES string of the molecule is O=[N+]([O-])c1ccc(-c2nc(Cc3ccc(Cl)cc3)no2)c(Cl)c1. The molecule has 0 bridgehead atoms. The molecule has 0 saturated carbocycles. The lowest BCUT2D eigenvalue weighted by Gasteiger charge is -1.98. The number of nitro benzene ring substituents is 1. The summed E-state index contributed by atoms with van der Waals surface area (Å²) in [6, 6.07) is 11.4. The monoisotopic (exact) mass is 349 g/mol. The summed E-state index contributed by atoms with van der Waals surface area (Å²) in [7, 11) is 0. The maximum atomic E-state index is 10.7. The molecule has 23 heavy (non-hydrogen) atoms. The number of aromatic nitrogens is 2. The van der Waals surface area contributed by atoms with Crippen LogP contribution in [0.1, 0.15) is 11.4 Å². The van der Waals surface area contributed by atoms with Gasteiger partial charge in [-0.3, -0.25) is 10.1 Å². The highest BCUT2D eigenvalue weighted by molar-refractivity contribution is 6.33. The zero-order valence-electron chi connectivity index (χ0n) is 11.6. The van der Waals surface area contributed by atoms with E-state index in [0.717, 1.165) is 5.56 Å². The van der Waals surface area contributed by atoms with Gasteiger partial charge >= 0.3 is 0 Å². The van der Waals surface area contributed by atoms with Gasteiger partial charge in [-0.05, 0) is 23.8 Å². The summed E-state index contributed by atoms with van der Waals surface area (Å²) in [6.07, 6.45) is 0.477. The summed E-state index contributed by atoms with van der Waals surface area (Å²) in [5.41, 5.74) is 1.34. The van der Waals surface area contributed by atoms with Crippen molar-refractivity contribution in [2.24, 2.45) is 0 Å². The van der Waals surface area contributed by atoms with Gasteiger partial charge in [-0.2, -0.15) is 4.98 Å². The molecule has 0 spiro atoms. The number of hydrogen-bond acceptors (Lipinski definition) is 5. The van der Waals surface area contributed by atoms with Crippen LogP contribution < -0.4 is 0 Å². The molecule has 0 radical (unpaired) electrons. The molecular weight excluding hydrogens is 341 g/mol. The molecule has 0 fully saturated rings. The minimum absolute atomic E-state index is 0.0975. The molecule has 0 N–H and O–H groups in total. The van der Waals surface area contributed by atoms with E-state index in [2.05, 4.69) is 10.1 Å². The molecule has 0 aliphatic heterocycles. The van der Waals surface area contributed by atoms with E-state index in [1.165, 1.54) is 18.2 Å². The predicted molar refractivity (Wildman–Crippen MR) is 85.7 cm³/mol. The first kappa shape index (κ1) is 15.5. The molecule has 116 valence electrons. The summed E-state index contributed by atoms with van der Waals surface area (Å²) >= 11 is 11.9. The summed E-state index contributed by atoms with van der Waals surface area (Å²) in [5.74, 6) is 0.700. The molecule has 1 aromatic heterocycles. The van der Waals surface area contributed by atoms with Crippen LogP contribution in [-0.4, -0.2) is 15.1 Å². The number of nitrogens with zero attached hydrogens (tertiary/aromatic N) is 3. The van der Waals surface area contributed by atoms with E-state index in [1.54, 1.807) is 12.1 Å². The average Bonchev–Trinajstić information content (AvgIpc) is 2.97. The Labute approximate surface area is 140 Å². The fraction of sp³-hybridized carbons (Fsp3) is 0.0667. The molecular formula is C15H9Cl2N3O3. The lowest BCUT2D eigenvalue weighted by atomic mass is 10.1. The van der Waals surface area contributed by atoms with E-state index in [4.69, 9.17) is 27.7 Å². The highest BCUT2D eigenvalue weighted by Crippen LogP contribution is 2.30. The average molecular weight is 350 g/mol. The summed E-state index contributed by atoms with van der Waals surface area (Å²) in [6.45, 7) is 0. The van der Waals surface area contributed by atoms with E-state index in [9.17, 15) is 10.1 Å². The normalized spacial score (nSPS) is 10.7. The molecule has 0 atom stereocenters. The molecule has 0 unspecified atom stereocenters. The third kappa shape index (κ3) is 3.49. The topological polar surface area (TPSA) is 82.1 Å². The van der Waals surface area contributed by atoms with E-state index in [0.29, 0.717) is 22.8 Å². The fourth-order valence-corrected chi connectivity index (χ4v) is 2.39. The second-order valence-corrected chi connectivity index (χ2v) is 5.58. The predicted octanol–water partition coefficient (Wildman–Crippen LogP) is 4.54. The van der Waals surface area contributed by atoms with Crippen molar-refractivity contribution in [3.63, 3.8) is 0 Å². The molecule has 2 aromatic carbocycles. The molecule has 0 saturated heterocycles. The van der Waals surface area contributed by atoms with E-state index in [-0.39, 0.29) is 16.6 Å². The van der Waals surface area contributed by atoms with Gasteiger partial charge in [0.2, 0.25) is 0 Å². The number of nitro groups is 1. The Morgan fingerprint density at radius 1 is 1.13 bits per heavy atom. The largest absolute Gasteiger partial charge is 0.334 e. The summed E-state index contributed by atoms with van der Waals surface area (Å²) < 4.78 is 5.19. The van der Waals surface area contributed by atoms with E-state index < -0.39 is 4.92 Å². The smallest absolute Gasteiger partial charge is 0.270 e. The molecule has 6 nitrogen and oxygen atoms in total. The molecule has 1 heterocycles. The first-order chi connectivity index (χ1) is 11.0. The Kier molecular flexibility index (Phi) is 4.27. The fourth-order valence-electron chi connectivity index (χ4n) is 2.01.